The van der Waals surface area contributed by atoms with Gasteiger partial charge in [0.15, 0.2) is 0 Å². The largest absolute Gasteiger partial charge is 0.507 e. The lowest BCUT2D eigenvalue weighted by atomic mass is 9.94. The number of aromatic amines is 1. The number of aromatic nitrogens is 1. The number of carbonyl (C=O) groups is 1. The van der Waals surface area contributed by atoms with Gasteiger partial charge >= 0.3 is 6.03 Å². The molecule has 0 bridgehead atoms. The van der Waals surface area contributed by atoms with Crippen LogP contribution in [0.1, 0.15) is 52.4 Å². The van der Waals surface area contributed by atoms with Gasteiger partial charge in [-0.05, 0) is 56.5 Å². The van der Waals surface area contributed by atoms with Gasteiger partial charge in [-0.3, -0.25) is 4.79 Å². The van der Waals surface area contributed by atoms with Crippen molar-refractivity contribution in [3.05, 3.63) is 34.6 Å². The number of aliphatic imine (C=N–C) groups is 1. The van der Waals surface area contributed by atoms with Crippen molar-refractivity contribution in [1.29, 1.82) is 0 Å². The zero-order valence-corrected chi connectivity index (χ0v) is 19.1. The van der Waals surface area contributed by atoms with Gasteiger partial charge in [-0.1, -0.05) is 33.1 Å². The minimum absolute atomic E-state index is 0.0174. The van der Waals surface area contributed by atoms with E-state index in [1.54, 1.807) is 0 Å². The van der Waals surface area contributed by atoms with E-state index >= 15 is 0 Å². The number of hydrogen-bond donors (Lipinski definition) is 4. The van der Waals surface area contributed by atoms with E-state index in [-0.39, 0.29) is 17.2 Å². The minimum Gasteiger partial charge on any atom is -0.507 e. The standard InChI is InChI=1S/C24H35N5O3/c1-3-6-16(4-2)12-14-29-13-5-7-17(15-29)23(25)28-24(32)26-19-9-10-20(30)18-8-11-21(31)27-22(18)19/h8-11,16-17,30H,3-7,12-15H2,1-2H3,(H,27,31)(H3,25,26,28,32). The summed E-state index contributed by atoms with van der Waals surface area (Å²) in [6.07, 6.45) is 6.86. The Balaban J connectivity index is 1.64. The number of piperidine rings is 1. The van der Waals surface area contributed by atoms with Crippen molar-refractivity contribution in [2.75, 3.05) is 25.0 Å². The van der Waals surface area contributed by atoms with Crippen LogP contribution in [0.3, 0.4) is 0 Å². The molecule has 5 N–H and O–H groups in total. The Labute approximate surface area is 188 Å². The van der Waals surface area contributed by atoms with E-state index < -0.39 is 6.03 Å². The van der Waals surface area contributed by atoms with Crippen LogP contribution in [-0.2, 0) is 0 Å². The number of carbonyl (C=O) groups excluding carboxylic acids is 1. The van der Waals surface area contributed by atoms with Crippen LogP contribution in [0, 0.1) is 11.8 Å². The fourth-order valence-corrected chi connectivity index (χ4v) is 4.52. The van der Waals surface area contributed by atoms with E-state index in [0.717, 1.165) is 38.4 Å². The number of nitrogens with one attached hydrogen (secondary N) is 2. The van der Waals surface area contributed by atoms with E-state index in [1.165, 1.54) is 49.9 Å². The van der Waals surface area contributed by atoms with Gasteiger partial charge in [0, 0.05) is 23.9 Å². The summed E-state index contributed by atoms with van der Waals surface area (Å²) in [5.74, 6) is 1.18. The molecule has 8 nitrogen and oxygen atoms in total. The summed E-state index contributed by atoms with van der Waals surface area (Å²) in [6.45, 7) is 7.43. The van der Waals surface area contributed by atoms with Crippen LogP contribution in [-0.4, -0.2) is 46.5 Å². The predicted molar refractivity (Wildman–Crippen MR) is 129 cm³/mol. The Morgan fingerprint density at radius 3 is 2.88 bits per heavy atom. The highest BCUT2D eigenvalue weighted by molar-refractivity contribution is 6.05. The van der Waals surface area contributed by atoms with Crippen LogP contribution in [0.4, 0.5) is 10.5 Å². The Morgan fingerprint density at radius 1 is 1.31 bits per heavy atom. The molecule has 1 fully saturated rings. The van der Waals surface area contributed by atoms with E-state index in [1.807, 2.05) is 0 Å². The van der Waals surface area contributed by atoms with Crippen LogP contribution >= 0.6 is 0 Å². The highest BCUT2D eigenvalue weighted by Crippen LogP contribution is 2.28. The van der Waals surface area contributed by atoms with Crippen LogP contribution < -0.4 is 16.6 Å². The van der Waals surface area contributed by atoms with Crippen LogP contribution in [0.25, 0.3) is 10.9 Å². The van der Waals surface area contributed by atoms with Gasteiger partial charge in [-0.25, -0.2) is 4.79 Å². The van der Waals surface area contributed by atoms with Crippen molar-refractivity contribution in [3.8, 4) is 5.75 Å². The molecule has 0 radical (unpaired) electrons. The maximum atomic E-state index is 12.5. The van der Waals surface area contributed by atoms with Crippen molar-refractivity contribution in [1.82, 2.24) is 9.88 Å². The molecule has 8 heteroatoms. The highest BCUT2D eigenvalue weighted by atomic mass is 16.3. The first-order valence-corrected chi connectivity index (χ1v) is 11.6. The number of phenolic OH excluding ortho intramolecular Hbond substituents is 1. The van der Waals surface area contributed by atoms with Crippen molar-refractivity contribution < 1.29 is 9.90 Å². The Hall–Kier alpha value is -2.87. The number of anilines is 1. The van der Waals surface area contributed by atoms with Gasteiger partial charge < -0.3 is 26.0 Å². The molecule has 1 aromatic carbocycles. The number of nitrogens with zero attached hydrogens (tertiary/aromatic N) is 2. The molecule has 2 atom stereocenters. The number of rotatable bonds is 8. The first-order valence-electron chi connectivity index (χ1n) is 11.6. The van der Waals surface area contributed by atoms with Crippen molar-refractivity contribution in [2.45, 2.75) is 52.4 Å². The molecule has 0 saturated carbocycles. The van der Waals surface area contributed by atoms with E-state index in [4.69, 9.17) is 5.73 Å². The van der Waals surface area contributed by atoms with Gasteiger partial charge in [-0.15, -0.1) is 0 Å². The average molecular weight is 442 g/mol. The first-order chi connectivity index (χ1) is 15.4. The lowest BCUT2D eigenvalue weighted by Gasteiger charge is -2.33. The summed E-state index contributed by atoms with van der Waals surface area (Å²) in [7, 11) is 0. The monoisotopic (exact) mass is 441 g/mol. The Bertz CT molecular complexity index is 1020. The number of fused-ring (bicyclic) bond motifs is 1. The molecule has 1 saturated heterocycles. The highest BCUT2D eigenvalue weighted by Gasteiger charge is 2.24. The number of hydrogen-bond acceptors (Lipinski definition) is 4. The van der Waals surface area contributed by atoms with Gasteiger partial charge in [0.05, 0.1) is 11.2 Å². The molecule has 1 aliphatic heterocycles. The zero-order chi connectivity index (χ0) is 23.1. The van der Waals surface area contributed by atoms with E-state index in [0.29, 0.717) is 22.4 Å². The predicted octanol–water partition coefficient (Wildman–Crippen LogP) is 4.05. The number of aromatic hydroxyl groups is 1. The number of amides is 2. The van der Waals surface area contributed by atoms with Gasteiger partial charge in [0.25, 0.3) is 0 Å². The SMILES string of the molecule is CCCC(CC)CCN1CCCC(/C(N)=N/C(=O)Nc2ccc(O)c3ccc(=O)[nH]c23)C1. The number of likely N-dealkylation sites (tertiary alicyclic amines) is 1. The third-order valence-electron chi connectivity index (χ3n) is 6.40. The molecule has 2 aromatic rings. The number of H-pyrrole nitrogens is 1. The van der Waals surface area contributed by atoms with Crippen LogP contribution in [0.2, 0.25) is 0 Å². The molecule has 0 aliphatic carbocycles. The fraction of sp³-hybridized carbons (Fsp3) is 0.542. The summed E-state index contributed by atoms with van der Waals surface area (Å²) in [5, 5.41) is 13.1. The fourth-order valence-electron chi connectivity index (χ4n) is 4.52. The molecule has 3 rings (SSSR count). The second kappa shape index (κ2) is 11.1. The lowest BCUT2D eigenvalue weighted by molar-refractivity contribution is 0.188. The Kier molecular flexibility index (Phi) is 8.27. The second-order valence-corrected chi connectivity index (χ2v) is 8.70. The molecule has 0 spiro atoms. The van der Waals surface area contributed by atoms with Crippen molar-refractivity contribution in [3.63, 3.8) is 0 Å². The van der Waals surface area contributed by atoms with Gasteiger partial charge in [-0.2, -0.15) is 4.99 Å². The Morgan fingerprint density at radius 2 is 2.12 bits per heavy atom. The van der Waals surface area contributed by atoms with E-state index in [2.05, 4.69) is 34.0 Å². The molecule has 2 heterocycles. The molecule has 32 heavy (non-hydrogen) atoms. The maximum Gasteiger partial charge on any atom is 0.347 e. The van der Waals surface area contributed by atoms with Gasteiger partial charge in [0.2, 0.25) is 5.56 Å². The molecule has 1 aliphatic rings. The molecular weight excluding hydrogens is 406 g/mol. The molecule has 2 unspecified atom stereocenters. The smallest absolute Gasteiger partial charge is 0.347 e. The summed E-state index contributed by atoms with van der Waals surface area (Å²) in [5.41, 5.74) is 6.61. The number of benzene rings is 1. The minimum atomic E-state index is -0.592. The average Bonchev–Trinajstić information content (AvgIpc) is 2.78. The summed E-state index contributed by atoms with van der Waals surface area (Å²) >= 11 is 0. The quantitative estimate of drug-likeness (QED) is 0.279. The molecular formula is C24H35N5O3. The summed E-state index contributed by atoms with van der Waals surface area (Å²) < 4.78 is 0. The third kappa shape index (κ3) is 6.09. The second-order valence-electron chi connectivity index (χ2n) is 8.70. The number of urea groups is 1. The molecule has 174 valence electrons. The normalized spacial score (nSPS) is 18.6. The maximum absolute atomic E-state index is 12.5. The molecule has 1 aromatic heterocycles. The van der Waals surface area contributed by atoms with Crippen molar-refractivity contribution >= 4 is 28.5 Å². The molecule has 2 amide bonds. The zero-order valence-electron chi connectivity index (χ0n) is 19.1. The van der Waals surface area contributed by atoms with Gasteiger partial charge in [0.1, 0.15) is 11.6 Å². The summed E-state index contributed by atoms with van der Waals surface area (Å²) in [4.78, 5) is 33.4. The number of nitrogens with two attached hydrogens (primary N) is 1. The first kappa shape index (κ1) is 23.8. The third-order valence-corrected chi connectivity index (χ3v) is 6.40. The van der Waals surface area contributed by atoms with E-state index in [9.17, 15) is 14.7 Å². The summed E-state index contributed by atoms with van der Waals surface area (Å²) in [6, 6.07) is 5.23. The lowest BCUT2D eigenvalue weighted by Crippen LogP contribution is -2.42. The number of phenols is 1. The van der Waals surface area contributed by atoms with Crippen LogP contribution in [0.5, 0.6) is 5.75 Å². The number of pyridine rings is 1. The number of amidine groups is 1. The van der Waals surface area contributed by atoms with Crippen molar-refractivity contribution in [2.24, 2.45) is 22.6 Å². The van der Waals surface area contributed by atoms with Crippen LogP contribution in [0.15, 0.2) is 34.1 Å². The topological polar surface area (TPSA) is 124 Å².